The maximum atomic E-state index is 12.9. The molecule has 0 bridgehead atoms. The summed E-state index contributed by atoms with van der Waals surface area (Å²) in [5.41, 5.74) is 0.193. The van der Waals surface area contributed by atoms with Crippen LogP contribution in [0.3, 0.4) is 0 Å². The summed E-state index contributed by atoms with van der Waals surface area (Å²) in [5, 5.41) is -0.0164. The monoisotopic (exact) mass is 284 g/mol. The van der Waals surface area contributed by atoms with E-state index in [1.165, 1.54) is 12.1 Å². The number of ketones is 1. The Hall–Kier alpha value is -0.120. The fourth-order valence-electron chi connectivity index (χ4n) is 0.775. The minimum absolute atomic E-state index is 0.0164. The van der Waals surface area contributed by atoms with Crippen molar-refractivity contribution in [2.24, 2.45) is 0 Å². The zero-order chi connectivity index (χ0) is 10.0. The van der Waals surface area contributed by atoms with Crippen molar-refractivity contribution in [1.29, 1.82) is 0 Å². The lowest BCUT2D eigenvalue weighted by Gasteiger charge is -2.01. The molecule has 1 rings (SSSR count). The summed E-state index contributed by atoms with van der Waals surface area (Å²) in [4.78, 5) is 11.2. The topological polar surface area (TPSA) is 17.1 Å². The number of hydrogen-bond donors (Lipinski definition) is 0. The third-order valence-electron chi connectivity index (χ3n) is 1.40. The molecular formula is C8H4BrCl2FO. The van der Waals surface area contributed by atoms with Crippen LogP contribution in [0.5, 0.6) is 0 Å². The van der Waals surface area contributed by atoms with E-state index in [9.17, 15) is 9.18 Å². The predicted molar refractivity (Wildman–Crippen MR) is 54.3 cm³/mol. The van der Waals surface area contributed by atoms with E-state index in [0.717, 1.165) is 6.07 Å². The van der Waals surface area contributed by atoms with Crippen molar-refractivity contribution < 1.29 is 9.18 Å². The molecule has 0 spiro atoms. The van der Waals surface area contributed by atoms with E-state index in [-0.39, 0.29) is 10.6 Å². The molecule has 1 aromatic carbocycles. The summed E-state index contributed by atoms with van der Waals surface area (Å²) in [6.45, 7) is 0. The minimum atomic E-state index is -0.840. The summed E-state index contributed by atoms with van der Waals surface area (Å²) in [7, 11) is 0. The van der Waals surface area contributed by atoms with E-state index in [1.807, 2.05) is 0 Å². The minimum Gasteiger partial charge on any atom is -0.292 e. The fourth-order valence-corrected chi connectivity index (χ4v) is 1.28. The Morgan fingerprint density at radius 1 is 1.54 bits per heavy atom. The molecule has 0 aliphatic rings. The zero-order valence-electron chi connectivity index (χ0n) is 6.23. The fraction of sp³-hybridized carbons (Fsp3) is 0.125. The van der Waals surface area contributed by atoms with Gasteiger partial charge in [0.1, 0.15) is 5.82 Å². The van der Waals surface area contributed by atoms with Gasteiger partial charge in [-0.05, 0) is 18.2 Å². The van der Waals surface area contributed by atoms with E-state index in [0.29, 0.717) is 0 Å². The van der Waals surface area contributed by atoms with Crippen LogP contribution in [0, 0.1) is 5.82 Å². The Morgan fingerprint density at radius 2 is 2.15 bits per heavy atom. The molecule has 1 nitrogen and oxygen atoms in total. The lowest BCUT2D eigenvalue weighted by atomic mass is 10.1. The van der Waals surface area contributed by atoms with Gasteiger partial charge in [0.2, 0.25) is 0 Å². The van der Waals surface area contributed by atoms with Crippen LogP contribution in [-0.4, -0.2) is 10.1 Å². The Balaban J connectivity index is 3.04. The average molecular weight is 286 g/mol. The van der Waals surface area contributed by atoms with Crippen LogP contribution in [0.25, 0.3) is 0 Å². The molecular weight excluding hydrogens is 282 g/mol. The van der Waals surface area contributed by atoms with E-state index >= 15 is 0 Å². The highest BCUT2D eigenvalue weighted by Gasteiger charge is 2.14. The molecule has 5 heteroatoms. The first-order chi connectivity index (χ1) is 6.02. The predicted octanol–water partition coefficient (Wildman–Crippen LogP) is 3.62. The molecule has 0 amide bonds. The lowest BCUT2D eigenvalue weighted by molar-refractivity contribution is 0.101. The van der Waals surface area contributed by atoms with Gasteiger partial charge in [0.25, 0.3) is 0 Å². The first kappa shape index (κ1) is 11.0. The van der Waals surface area contributed by atoms with Gasteiger partial charge in [-0.25, -0.2) is 4.39 Å². The van der Waals surface area contributed by atoms with Crippen LogP contribution in [0.2, 0.25) is 5.02 Å². The maximum absolute atomic E-state index is 12.9. The van der Waals surface area contributed by atoms with Gasteiger partial charge in [-0.3, -0.25) is 4.79 Å². The van der Waals surface area contributed by atoms with Gasteiger partial charge in [-0.1, -0.05) is 27.5 Å². The van der Waals surface area contributed by atoms with E-state index < -0.39 is 15.9 Å². The van der Waals surface area contributed by atoms with Crippen LogP contribution in [0.4, 0.5) is 4.39 Å². The molecule has 1 aromatic rings. The Kier molecular flexibility index (Phi) is 3.71. The Morgan fingerprint density at radius 3 is 2.62 bits per heavy atom. The number of carbonyl (C=O) groups excluding carboxylic acids is 1. The van der Waals surface area contributed by atoms with Crippen molar-refractivity contribution in [1.82, 2.24) is 0 Å². The first-order valence-electron chi connectivity index (χ1n) is 3.30. The van der Waals surface area contributed by atoms with Crippen molar-refractivity contribution >= 4 is 44.9 Å². The van der Waals surface area contributed by atoms with Crippen molar-refractivity contribution in [3.8, 4) is 0 Å². The second-order valence-corrected chi connectivity index (χ2v) is 4.58. The molecule has 0 saturated heterocycles. The smallest absolute Gasteiger partial charge is 0.191 e. The molecule has 70 valence electrons. The lowest BCUT2D eigenvalue weighted by Crippen LogP contribution is -2.07. The van der Waals surface area contributed by atoms with Crippen LogP contribution in [0.15, 0.2) is 18.2 Å². The van der Waals surface area contributed by atoms with Crippen LogP contribution in [0.1, 0.15) is 10.4 Å². The Bertz CT molecular complexity index is 341. The molecule has 0 aliphatic heterocycles. The van der Waals surface area contributed by atoms with Gasteiger partial charge in [-0.15, -0.1) is 11.6 Å². The third-order valence-corrected chi connectivity index (χ3v) is 2.32. The van der Waals surface area contributed by atoms with E-state index in [4.69, 9.17) is 23.2 Å². The summed E-state index contributed by atoms with van der Waals surface area (Å²) >= 11 is 13.8. The highest BCUT2D eigenvalue weighted by molar-refractivity contribution is 9.10. The van der Waals surface area contributed by atoms with Gasteiger partial charge >= 0.3 is 0 Å². The number of halogens is 4. The van der Waals surface area contributed by atoms with Crippen LogP contribution in [-0.2, 0) is 0 Å². The van der Waals surface area contributed by atoms with Gasteiger partial charge in [-0.2, -0.15) is 0 Å². The second kappa shape index (κ2) is 4.40. The largest absolute Gasteiger partial charge is 0.292 e. The normalized spacial score (nSPS) is 12.6. The molecule has 0 saturated carbocycles. The van der Waals surface area contributed by atoms with Crippen molar-refractivity contribution in [3.05, 3.63) is 34.6 Å². The molecule has 0 fully saturated rings. The molecule has 0 heterocycles. The van der Waals surface area contributed by atoms with Crippen LogP contribution < -0.4 is 0 Å². The van der Waals surface area contributed by atoms with Crippen molar-refractivity contribution in [2.75, 3.05) is 0 Å². The number of Topliss-reactive ketones (excluding diaryl/α,β-unsaturated/α-hetero) is 1. The standard InChI is InChI=1S/C8H4BrCl2FO/c9-8(11)7(13)4-1-2-5(10)6(12)3-4/h1-3,8H. The van der Waals surface area contributed by atoms with Crippen molar-refractivity contribution in [2.45, 2.75) is 4.29 Å². The molecule has 0 aliphatic carbocycles. The number of carbonyl (C=O) groups is 1. The first-order valence-corrected chi connectivity index (χ1v) is 5.03. The summed E-state index contributed by atoms with van der Waals surface area (Å²) in [6, 6.07) is 3.79. The number of benzene rings is 1. The zero-order valence-corrected chi connectivity index (χ0v) is 9.33. The number of rotatable bonds is 2. The van der Waals surface area contributed by atoms with E-state index in [1.54, 1.807) is 0 Å². The van der Waals surface area contributed by atoms with Crippen LogP contribution >= 0.6 is 39.1 Å². The molecule has 1 unspecified atom stereocenters. The second-order valence-electron chi connectivity index (χ2n) is 2.29. The quantitative estimate of drug-likeness (QED) is 0.599. The Labute approximate surface area is 93.0 Å². The number of hydrogen-bond acceptors (Lipinski definition) is 1. The van der Waals surface area contributed by atoms with Gasteiger partial charge < -0.3 is 0 Å². The molecule has 0 aromatic heterocycles. The maximum Gasteiger partial charge on any atom is 0.191 e. The van der Waals surface area contributed by atoms with E-state index in [2.05, 4.69) is 15.9 Å². The summed E-state index contributed by atoms with van der Waals surface area (Å²) in [5.74, 6) is -1.02. The molecule has 1 atom stereocenters. The highest BCUT2D eigenvalue weighted by Crippen LogP contribution is 2.19. The average Bonchev–Trinajstić information content (AvgIpc) is 2.08. The molecule has 13 heavy (non-hydrogen) atoms. The highest BCUT2D eigenvalue weighted by atomic mass is 79.9. The van der Waals surface area contributed by atoms with Crippen molar-refractivity contribution in [3.63, 3.8) is 0 Å². The number of alkyl halides is 2. The molecule has 0 N–H and O–H groups in total. The third kappa shape index (κ3) is 2.66. The summed E-state index contributed by atoms with van der Waals surface area (Å²) < 4.78 is 12.0. The molecule has 0 radical (unpaired) electrons. The van der Waals surface area contributed by atoms with Gasteiger partial charge in [0, 0.05) is 5.56 Å². The van der Waals surface area contributed by atoms with Gasteiger partial charge in [0.05, 0.1) is 5.02 Å². The summed E-state index contributed by atoms with van der Waals surface area (Å²) in [6.07, 6.45) is 0. The van der Waals surface area contributed by atoms with Gasteiger partial charge in [0.15, 0.2) is 10.1 Å². The SMILES string of the molecule is O=C(c1ccc(Cl)c(F)c1)C(Cl)Br.